The lowest BCUT2D eigenvalue weighted by Crippen LogP contribution is -2.41. The standard InChI is InChI=1S/C5H9NO3.C4H9NO2/c1-3(7)2-4(6)5(8)9;1-4(2,5)3(6)7/h4H,2,6H2,1H3,(H,8,9);5H2,1-2H3,(H,6,7). The summed E-state index contributed by atoms with van der Waals surface area (Å²) in [6, 6.07) is -1.04. The molecule has 0 rings (SSSR count). The van der Waals surface area contributed by atoms with E-state index in [4.69, 9.17) is 21.7 Å². The van der Waals surface area contributed by atoms with Gasteiger partial charge in [0.2, 0.25) is 0 Å². The molecular weight excluding hydrogens is 216 g/mol. The quantitative estimate of drug-likeness (QED) is 0.497. The van der Waals surface area contributed by atoms with Gasteiger partial charge in [0.1, 0.15) is 17.4 Å². The number of carbonyl (C=O) groups is 3. The van der Waals surface area contributed by atoms with Crippen molar-refractivity contribution in [1.82, 2.24) is 0 Å². The Morgan fingerprint density at radius 2 is 1.56 bits per heavy atom. The van der Waals surface area contributed by atoms with Gasteiger partial charge in [-0.05, 0) is 20.8 Å². The van der Waals surface area contributed by atoms with E-state index in [1.807, 2.05) is 0 Å². The molecule has 0 aliphatic heterocycles. The van der Waals surface area contributed by atoms with Crippen LogP contribution in [0.2, 0.25) is 0 Å². The Morgan fingerprint density at radius 1 is 1.25 bits per heavy atom. The lowest BCUT2D eigenvalue weighted by molar-refractivity contribution is -0.142. The second-order valence-corrected chi connectivity index (χ2v) is 3.88. The van der Waals surface area contributed by atoms with Gasteiger partial charge in [-0.2, -0.15) is 0 Å². The Bertz CT molecular complexity index is 270. The molecular formula is C9H18N2O5. The number of nitrogens with two attached hydrogens (primary N) is 2. The molecule has 7 nitrogen and oxygen atoms in total. The van der Waals surface area contributed by atoms with Crippen molar-refractivity contribution in [2.24, 2.45) is 11.5 Å². The second kappa shape index (κ2) is 6.91. The summed E-state index contributed by atoms with van der Waals surface area (Å²) in [7, 11) is 0. The number of rotatable bonds is 4. The number of carboxylic acids is 2. The molecule has 6 N–H and O–H groups in total. The summed E-state index contributed by atoms with van der Waals surface area (Å²) in [5.41, 5.74) is 8.99. The molecule has 0 saturated heterocycles. The first-order valence-electron chi connectivity index (χ1n) is 4.48. The monoisotopic (exact) mass is 234 g/mol. The maximum absolute atomic E-state index is 10.2. The largest absolute Gasteiger partial charge is 0.480 e. The van der Waals surface area contributed by atoms with E-state index < -0.39 is 23.5 Å². The van der Waals surface area contributed by atoms with Crippen LogP contribution in [0, 0.1) is 0 Å². The molecule has 1 atom stereocenters. The summed E-state index contributed by atoms with van der Waals surface area (Å²) in [6.45, 7) is 4.19. The van der Waals surface area contributed by atoms with E-state index in [-0.39, 0.29) is 12.2 Å². The highest BCUT2D eigenvalue weighted by Crippen LogP contribution is 1.93. The van der Waals surface area contributed by atoms with Crippen LogP contribution < -0.4 is 11.5 Å². The lowest BCUT2D eigenvalue weighted by Gasteiger charge is -2.09. The zero-order valence-corrected chi connectivity index (χ0v) is 9.56. The zero-order valence-electron chi connectivity index (χ0n) is 9.56. The minimum absolute atomic E-state index is 0.0880. The first kappa shape index (κ1) is 16.9. The molecule has 1 unspecified atom stereocenters. The van der Waals surface area contributed by atoms with Crippen LogP contribution in [0.25, 0.3) is 0 Å². The molecule has 0 aliphatic carbocycles. The van der Waals surface area contributed by atoms with Gasteiger partial charge in [0.05, 0.1) is 0 Å². The molecule has 0 aromatic heterocycles. The van der Waals surface area contributed by atoms with Crippen molar-refractivity contribution in [2.75, 3.05) is 0 Å². The molecule has 0 spiro atoms. The minimum Gasteiger partial charge on any atom is -0.480 e. The van der Waals surface area contributed by atoms with Crippen molar-refractivity contribution in [3.63, 3.8) is 0 Å². The Labute approximate surface area is 93.4 Å². The van der Waals surface area contributed by atoms with Gasteiger partial charge in [0.15, 0.2) is 0 Å². The van der Waals surface area contributed by atoms with Gasteiger partial charge in [-0.1, -0.05) is 0 Å². The fourth-order valence-electron chi connectivity index (χ4n) is 0.397. The number of hydrogen-bond donors (Lipinski definition) is 4. The highest BCUT2D eigenvalue weighted by Gasteiger charge is 2.19. The average Bonchev–Trinajstić information content (AvgIpc) is 2.01. The fraction of sp³-hybridized carbons (Fsp3) is 0.667. The van der Waals surface area contributed by atoms with Crippen LogP contribution in [-0.4, -0.2) is 39.5 Å². The Hall–Kier alpha value is -1.47. The van der Waals surface area contributed by atoms with Crippen LogP contribution >= 0.6 is 0 Å². The Morgan fingerprint density at radius 3 is 1.62 bits per heavy atom. The molecule has 0 heterocycles. The van der Waals surface area contributed by atoms with Gasteiger partial charge in [0, 0.05) is 6.42 Å². The summed E-state index contributed by atoms with van der Waals surface area (Å²) < 4.78 is 0. The summed E-state index contributed by atoms with van der Waals surface area (Å²) in [6.07, 6.45) is -0.0880. The third-order valence-corrected chi connectivity index (χ3v) is 1.38. The highest BCUT2D eigenvalue weighted by atomic mass is 16.4. The van der Waals surface area contributed by atoms with Gasteiger partial charge in [0.25, 0.3) is 0 Å². The number of Topliss-reactive ketones (excluding diaryl/α,β-unsaturated/α-hetero) is 1. The van der Waals surface area contributed by atoms with E-state index in [9.17, 15) is 14.4 Å². The van der Waals surface area contributed by atoms with Gasteiger partial charge in [-0.15, -0.1) is 0 Å². The van der Waals surface area contributed by atoms with E-state index in [0.29, 0.717) is 0 Å². The van der Waals surface area contributed by atoms with Gasteiger partial charge >= 0.3 is 11.9 Å². The van der Waals surface area contributed by atoms with E-state index in [1.165, 1.54) is 20.8 Å². The molecule has 16 heavy (non-hydrogen) atoms. The Kier molecular flexibility index (Phi) is 7.32. The molecule has 0 aromatic rings. The summed E-state index contributed by atoms with van der Waals surface area (Å²) >= 11 is 0. The SMILES string of the molecule is CC(=O)CC(N)C(=O)O.CC(C)(N)C(=O)O. The van der Waals surface area contributed by atoms with Crippen LogP contribution in [0.3, 0.4) is 0 Å². The van der Waals surface area contributed by atoms with Crippen LogP contribution in [0.15, 0.2) is 0 Å². The number of carboxylic acid groups (broad SMARTS) is 2. The first-order chi connectivity index (χ1) is 6.98. The van der Waals surface area contributed by atoms with E-state index in [0.717, 1.165) is 0 Å². The van der Waals surface area contributed by atoms with Crippen molar-refractivity contribution < 1.29 is 24.6 Å². The molecule has 7 heteroatoms. The van der Waals surface area contributed by atoms with Crippen molar-refractivity contribution in [2.45, 2.75) is 38.8 Å². The predicted molar refractivity (Wildman–Crippen MR) is 56.8 cm³/mol. The zero-order chi connectivity index (χ0) is 13.5. The Balaban J connectivity index is 0. The van der Waals surface area contributed by atoms with Crippen LogP contribution in [-0.2, 0) is 14.4 Å². The maximum Gasteiger partial charge on any atom is 0.323 e. The average molecular weight is 234 g/mol. The van der Waals surface area contributed by atoms with E-state index in [2.05, 4.69) is 0 Å². The maximum atomic E-state index is 10.2. The van der Waals surface area contributed by atoms with E-state index in [1.54, 1.807) is 0 Å². The molecule has 0 fully saturated rings. The van der Waals surface area contributed by atoms with Crippen LogP contribution in [0.5, 0.6) is 0 Å². The molecule has 94 valence electrons. The highest BCUT2D eigenvalue weighted by molar-refractivity contribution is 5.83. The third-order valence-electron chi connectivity index (χ3n) is 1.38. The van der Waals surface area contributed by atoms with Crippen molar-refractivity contribution in [1.29, 1.82) is 0 Å². The topological polar surface area (TPSA) is 144 Å². The van der Waals surface area contributed by atoms with Crippen molar-refractivity contribution in [3.8, 4) is 0 Å². The third kappa shape index (κ3) is 10.6. The number of aliphatic carboxylic acids is 2. The second-order valence-electron chi connectivity index (χ2n) is 3.88. The number of carbonyl (C=O) groups excluding carboxylic acids is 1. The van der Waals surface area contributed by atoms with Gasteiger partial charge < -0.3 is 21.7 Å². The smallest absolute Gasteiger partial charge is 0.323 e. The fourth-order valence-corrected chi connectivity index (χ4v) is 0.397. The molecule has 0 amide bonds. The predicted octanol–water partition coefficient (Wildman–Crippen LogP) is -0.814. The number of hydrogen-bond acceptors (Lipinski definition) is 5. The summed E-state index contributed by atoms with van der Waals surface area (Å²) in [5, 5.41) is 16.3. The molecule has 0 aromatic carbocycles. The molecule has 0 saturated carbocycles. The lowest BCUT2D eigenvalue weighted by atomic mass is 10.1. The van der Waals surface area contributed by atoms with Crippen LogP contribution in [0.4, 0.5) is 0 Å². The molecule has 0 aliphatic rings. The molecule has 0 bridgehead atoms. The van der Waals surface area contributed by atoms with Crippen LogP contribution in [0.1, 0.15) is 27.2 Å². The summed E-state index contributed by atoms with van der Waals surface area (Å²) in [5.74, 6) is -2.32. The van der Waals surface area contributed by atoms with Gasteiger partial charge in [-0.25, -0.2) is 0 Å². The minimum atomic E-state index is -1.13. The first-order valence-corrected chi connectivity index (χ1v) is 4.48. The number of ketones is 1. The van der Waals surface area contributed by atoms with E-state index >= 15 is 0 Å². The normalized spacial score (nSPS) is 12.1. The molecule has 0 radical (unpaired) electrons. The van der Waals surface area contributed by atoms with Crippen molar-refractivity contribution >= 4 is 17.7 Å². The van der Waals surface area contributed by atoms with Crippen molar-refractivity contribution in [3.05, 3.63) is 0 Å². The summed E-state index contributed by atoms with van der Waals surface area (Å²) in [4.78, 5) is 30.1. The van der Waals surface area contributed by atoms with Gasteiger partial charge in [-0.3, -0.25) is 14.4 Å².